The maximum Gasteiger partial charge on any atom is 0.514 e. The molecule has 0 aliphatic carbocycles. The number of aromatic nitrogens is 1. The molecule has 0 fully saturated rings. The van der Waals surface area contributed by atoms with E-state index in [4.69, 9.17) is 14.2 Å². The number of fused-ring (bicyclic) bond motifs is 1. The van der Waals surface area contributed by atoms with Crippen molar-refractivity contribution in [1.82, 2.24) is 10.3 Å². The summed E-state index contributed by atoms with van der Waals surface area (Å²) in [6.45, 7) is 10.5. The Morgan fingerprint density at radius 1 is 1.06 bits per heavy atom. The van der Waals surface area contributed by atoms with Crippen molar-refractivity contribution in [3.8, 4) is 5.75 Å². The van der Waals surface area contributed by atoms with Crippen LogP contribution in [0.25, 0.3) is 10.9 Å². The molecular weight excluding hydrogens is 468 g/mol. The van der Waals surface area contributed by atoms with Gasteiger partial charge >= 0.3 is 12.2 Å². The molecule has 170 valence electrons. The van der Waals surface area contributed by atoms with Gasteiger partial charge in [-0.2, -0.15) is 0 Å². The number of rotatable bonds is 6. The van der Waals surface area contributed by atoms with Crippen molar-refractivity contribution >= 4 is 44.9 Å². The number of H-pyrrole nitrogens is 1. The predicted octanol–water partition coefficient (Wildman–Crippen LogP) is 4.88. The van der Waals surface area contributed by atoms with Crippen molar-refractivity contribution < 1.29 is 28.6 Å². The van der Waals surface area contributed by atoms with E-state index in [1.807, 2.05) is 0 Å². The van der Waals surface area contributed by atoms with E-state index in [-0.39, 0.29) is 17.5 Å². The number of ketones is 1. The first-order valence-electron chi connectivity index (χ1n) is 9.86. The minimum absolute atomic E-state index is 0.0861. The van der Waals surface area contributed by atoms with Crippen LogP contribution in [0.15, 0.2) is 24.4 Å². The van der Waals surface area contributed by atoms with Gasteiger partial charge in [0.15, 0.2) is 5.78 Å². The lowest BCUT2D eigenvalue weighted by Gasteiger charge is -2.22. The van der Waals surface area contributed by atoms with Crippen LogP contribution in [-0.4, -0.2) is 45.6 Å². The topological polar surface area (TPSA) is 107 Å². The third kappa shape index (κ3) is 7.90. The first-order valence-corrected chi connectivity index (χ1v) is 11.0. The lowest BCUT2D eigenvalue weighted by atomic mass is 10.0. The maximum atomic E-state index is 12.4. The monoisotopic (exact) mass is 496 g/mol. The van der Waals surface area contributed by atoms with Gasteiger partial charge in [0, 0.05) is 23.5 Å². The summed E-state index contributed by atoms with van der Waals surface area (Å²) in [5.41, 5.74) is 0.228. The van der Waals surface area contributed by atoms with E-state index in [0.717, 1.165) is 16.5 Å². The molecule has 2 aromatic rings. The molecule has 0 unspecified atom stereocenters. The van der Waals surface area contributed by atoms with Gasteiger partial charge in [0.05, 0.1) is 11.4 Å². The Bertz CT molecular complexity index is 955. The molecule has 2 N–H and O–H groups in total. The minimum Gasteiger partial charge on any atom is -0.444 e. The molecule has 0 bridgehead atoms. The third-order valence-corrected chi connectivity index (χ3v) is 4.52. The number of carbonyl (C=O) groups excluding carboxylic acids is 3. The molecule has 1 aromatic heterocycles. The molecule has 1 heterocycles. The zero-order valence-electron chi connectivity index (χ0n) is 18.6. The third-order valence-electron chi connectivity index (χ3n) is 3.96. The van der Waals surface area contributed by atoms with Crippen LogP contribution in [0.5, 0.6) is 5.75 Å². The summed E-state index contributed by atoms with van der Waals surface area (Å²) in [5.74, 6) is 0.118. The van der Waals surface area contributed by atoms with Gasteiger partial charge in [0.2, 0.25) is 0 Å². The number of hydrogen-bond donors (Lipinski definition) is 2. The molecule has 0 spiro atoms. The van der Waals surface area contributed by atoms with Crippen molar-refractivity contribution in [1.29, 1.82) is 0 Å². The fourth-order valence-corrected chi connectivity index (χ4v) is 3.16. The molecule has 2 rings (SSSR count). The predicted molar refractivity (Wildman–Crippen MR) is 121 cm³/mol. The Hall–Kier alpha value is -2.55. The highest BCUT2D eigenvalue weighted by Gasteiger charge is 2.25. The van der Waals surface area contributed by atoms with Gasteiger partial charge in [-0.05, 0) is 65.3 Å². The van der Waals surface area contributed by atoms with E-state index in [9.17, 15) is 14.4 Å². The number of aromatic amines is 1. The quantitative estimate of drug-likeness (QED) is 0.335. The van der Waals surface area contributed by atoms with Crippen LogP contribution in [0.1, 0.15) is 47.1 Å². The summed E-state index contributed by atoms with van der Waals surface area (Å²) >= 11 is 3.16. The minimum atomic E-state index is -0.803. The van der Waals surface area contributed by atoms with Crippen LogP contribution in [-0.2, 0) is 20.7 Å². The molecule has 1 amide bonds. The number of amides is 1. The fraction of sp³-hybridized carbons (Fsp3) is 0.500. The first-order chi connectivity index (χ1) is 14.3. The number of carbonyl (C=O) groups is 3. The summed E-state index contributed by atoms with van der Waals surface area (Å²) in [4.78, 5) is 39.7. The average Bonchev–Trinajstić information content (AvgIpc) is 2.99. The standard InChI is InChI=1S/C22H29BrN2O6/c1-21(2,3)30-19(27)25-17(18(26)11-23)9-13-12-24-16-8-7-14(10-15(13)16)29-20(28)31-22(4,5)6/h7-8,10,12,17,24H,9,11H2,1-6H3,(H,25,27)/t17-/m0/s1. The van der Waals surface area contributed by atoms with Gasteiger partial charge < -0.3 is 24.5 Å². The average molecular weight is 497 g/mol. The van der Waals surface area contributed by atoms with E-state index >= 15 is 0 Å². The van der Waals surface area contributed by atoms with Crippen LogP contribution < -0.4 is 10.1 Å². The fourth-order valence-electron chi connectivity index (χ4n) is 2.77. The molecule has 0 aliphatic heterocycles. The molecular formula is C22H29BrN2O6. The highest BCUT2D eigenvalue weighted by Crippen LogP contribution is 2.26. The number of alkyl carbamates (subject to hydrolysis) is 1. The number of alkyl halides is 1. The molecule has 0 saturated heterocycles. The molecule has 31 heavy (non-hydrogen) atoms. The zero-order chi connectivity index (χ0) is 23.4. The normalized spacial score (nSPS) is 12.9. The number of benzene rings is 1. The summed E-state index contributed by atoms with van der Waals surface area (Å²) in [7, 11) is 0. The Balaban J connectivity index is 2.22. The van der Waals surface area contributed by atoms with Gasteiger partial charge in [-0.25, -0.2) is 9.59 Å². The second-order valence-corrected chi connectivity index (χ2v) is 9.65. The smallest absolute Gasteiger partial charge is 0.444 e. The molecule has 0 radical (unpaired) electrons. The van der Waals surface area contributed by atoms with E-state index < -0.39 is 29.5 Å². The van der Waals surface area contributed by atoms with Gasteiger partial charge in [0.1, 0.15) is 17.0 Å². The van der Waals surface area contributed by atoms with E-state index in [1.165, 1.54) is 0 Å². The number of ether oxygens (including phenoxy) is 3. The van der Waals surface area contributed by atoms with Crippen LogP contribution in [0, 0.1) is 0 Å². The number of halogens is 1. The maximum absolute atomic E-state index is 12.4. The van der Waals surface area contributed by atoms with Crippen molar-refractivity contribution in [2.24, 2.45) is 0 Å². The molecule has 0 saturated carbocycles. The van der Waals surface area contributed by atoms with Crippen molar-refractivity contribution in [3.05, 3.63) is 30.0 Å². The number of hydrogen-bond acceptors (Lipinski definition) is 6. The largest absolute Gasteiger partial charge is 0.514 e. The Morgan fingerprint density at radius 2 is 1.71 bits per heavy atom. The van der Waals surface area contributed by atoms with Gasteiger partial charge in [-0.3, -0.25) is 4.79 Å². The molecule has 0 aliphatic rings. The second kappa shape index (κ2) is 9.72. The second-order valence-electron chi connectivity index (χ2n) is 9.09. The van der Waals surface area contributed by atoms with Crippen LogP contribution in [0.2, 0.25) is 0 Å². The first kappa shape index (κ1) is 24.7. The van der Waals surface area contributed by atoms with Crippen molar-refractivity contribution in [2.45, 2.75) is 65.2 Å². The zero-order valence-corrected chi connectivity index (χ0v) is 20.2. The summed E-state index contributed by atoms with van der Waals surface area (Å²) in [5, 5.41) is 3.49. The van der Waals surface area contributed by atoms with Crippen molar-refractivity contribution in [2.75, 3.05) is 5.33 Å². The molecule has 9 heteroatoms. The number of Topliss-reactive ketones (excluding diaryl/α,β-unsaturated/α-hetero) is 1. The Kier molecular flexibility index (Phi) is 7.75. The highest BCUT2D eigenvalue weighted by molar-refractivity contribution is 9.09. The van der Waals surface area contributed by atoms with E-state index in [0.29, 0.717) is 5.75 Å². The Morgan fingerprint density at radius 3 is 2.29 bits per heavy atom. The van der Waals surface area contributed by atoms with Crippen LogP contribution >= 0.6 is 15.9 Å². The lowest BCUT2D eigenvalue weighted by Crippen LogP contribution is -2.45. The van der Waals surface area contributed by atoms with E-state index in [2.05, 4.69) is 26.2 Å². The summed E-state index contributed by atoms with van der Waals surface area (Å²) < 4.78 is 15.7. The SMILES string of the molecule is CC(C)(C)OC(=O)N[C@@H](Cc1c[nH]c2ccc(OC(=O)OC(C)(C)C)cc12)C(=O)CBr. The van der Waals surface area contributed by atoms with E-state index in [1.54, 1.807) is 65.9 Å². The molecule has 1 aromatic carbocycles. The molecule has 1 atom stereocenters. The van der Waals surface area contributed by atoms with Crippen molar-refractivity contribution in [3.63, 3.8) is 0 Å². The highest BCUT2D eigenvalue weighted by atomic mass is 79.9. The van der Waals surface area contributed by atoms with Crippen LogP contribution in [0.3, 0.4) is 0 Å². The van der Waals surface area contributed by atoms with Gasteiger partial charge in [-0.15, -0.1) is 0 Å². The Labute approximate surface area is 190 Å². The summed E-state index contributed by atoms with van der Waals surface area (Å²) in [6.07, 6.45) is 0.524. The lowest BCUT2D eigenvalue weighted by molar-refractivity contribution is -0.118. The van der Waals surface area contributed by atoms with Crippen LogP contribution in [0.4, 0.5) is 9.59 Å². The van der Waals surface area contributed by atoms with Gasteiger partial charge in [0.25, 0.3) is 0 Å². The molecule has 8 nitrogen and oxygen atoms in total. The number of nitrogens with one attached hydrogen (secondary N) is 2. The summed E-state index contributed by atoms with van der Waals surface area (Å²) in [6, 6.07) is 4.31. The van der Waals surface area contributed by atoms with Gasteiger partial charge in [-0.1, -0.05) is 15.9 Å².